The fourth-order valence-electron chi connectivity index (χ4n) is 1.67. The Bertz CT molecular complexity index is 226. The lowest BCUT2D eigenvalue weighted by molar-refractivity contribution is -0.0170. The van der Waals surface area contributed by atoms with Crippen molar-refractivity contribution in [2.45, 2.75) is 33.6 Å². The van der Waals surface area contributed by atoms with Crippen molar-refractivity contribution < 1.29 is 28.4 Å². The molecule has 0 saturated heterocycles. The first kappa shape index (κ1) is 23.8. The zero-order chi connectivity index (χ0) is 17.7. The third-order valence-corrected chi connectivity index (χ3v) is 3.05. The van der Waals surface area contributed by atoms with E-state index >= 15 is 0 Å². The van der Waals surface area contributed by atoms with E-state index in [2.05, 4.69) is 20.8 Å². The summed E-state index contributed by atoms with van der Waals surface area (Å²) in [4.78, 5) is 0. The highest BCUT2D eigenvalue weighted by atomic mass is 16.6. The molecule has 0 atom stereocenters. The molecule has 0 aliphatic carbocycles. The van der Waals surface area contributed by atoms with Gasteiger partial charge in [-0.3, -0.25) is 0 Å². The molecule has 0 amide bonds. The molecule has 0 N–H and O–H groups in total. The van der Waals surface area contributed by atoms with Gasteiger partial charge in [-0.05, 0) is 18.8 Å². The summed E-state index contributed by atoms with van der Waals surface area (Å²) in [6, 6.07) is 0. The molecule has 0 aromatic heterocycles. The van der Waals surface area contributed by atoms with Crippen LogP contribution in [-0.2, 0) is 28.4 Å². The molecule has 6 nitrogen and oxygen atoms in total. The van der Waals surface area contributed by atoms with Gasteiger partial charge in [-0.1, -0.05) is 20.8 Å². The maximum atomic E-state index is 5.46. The van der Waals surface area contributed by atoms with Crippen molar-refractivity contribution in [3.63, 3.8) is 0 Å². The summed E-state index contributed by atoms with van der Waals surface area (Å²) >= 11 is 0. The van der Waals surface area contributed by atoms with Gasteiger partial charge < -0.3 is 28.4 Å². The molecule has 0 fully saturated rings. The van der Waals surface area contributed by atoms with Gasteiger partial charge in [0.2, 0.25) is 0 Å². The predicted octanol–water partition coefficient (Wildman–Crippen LogP) is 2.54. The Morgan fingerprint density at radius 2 is 0.750 bits per heavy atom. The van der Waals surface area contributed by atoms with E-state index < -0.39 is 0 Å². The van der Waals surface area contributed by atoms with Gasteiger partial charge in [0.05, 0.1) is 66.1 Å². The molecule has 0 heterocycles. The zero-order valence-corrected chi connectivity index (χ0v) is 15.9. The molecule has 0 radical (unpaired) electrons. The van der Waals surface area contributed by atoms with E-state index in [0.717, 1.165) is 26.1 Å². The molecular weight excluding hydrogens is 312 g/mol. The molecule has 146 valence electrons. The summed E-state index contributed by atoms with van der Waals surface area (Å²) in [5, 5.41) is 0. The topological polar surface area (TPSA) is 55.4 Å². The normalized spacial score (nSPS) is 11.5. The number of rotatable bonds is 20. The Labute approximate surface area is 148 Å². The second kappa shape index (κ2) is 20.8. The molecule has 0 aromatic carbocycles. The van der Waals surface area contributed by atoms with Gasteiger partial charge in [-0.15, -0.1) is 0 Å². The van der Waals surface area contributed by atoms with Crippen LogP contribution in [0.2, 0.25) is 0 Å². The van der Waals surface area contributed by atoms with Gasteiger partial charge in [-0.25, -0.2) is 0 Å². The lowest BCUT2D eigenvalue weighted by Crippen LogP contribution is -2.14. The molecule has 0 bridgehead atoms. The summed E-state index contributed by atoms with van der Waals surface area (Å²) in [6.07, 6.45) is 2.14. The maximum absolute atomic E-state index is 5.46. The summed E-state index contributed by atoms with van der Waals surface area (Å²) in [6.45, 7) is 14.1. The predicted molar refractivity (Wildman–Crippen MR) is 94.7 cm³/mol. The van der Waals surface area contributed by atoms with Crippen molar-refractivity contribution in [2.75, 3.05) is 79.3 Å². The van der Waals surface area contributed by atoms with Crippen LogP contribution in [0.3, 0.4) is 0 Å². The van der Waals surface area contributed by atoms with Crippen LogP contribution in [0.4, 0.5) is 0 Å². The molecule has 0 aromatic rings. The molecule has 0 saturated carbocycles. The quantitative estimate of drug-likeness (QED) is 0.315. The van der Waals surface area contributed by atoms with Crippen LogP contribution < -0.4 is 0 Å². The summed E-state index contributed by atoms with van der Waals surface area (Å²) in [7, 11) is 0. The Hall–Kier alpha value is -0.240. The van der Waals surface area contributed by atoms with Gasteiger partial charge >= 0.3 is 0 Å². The van der Waals surface area contributed by atoms with E-state index in [1.807, 2.05) is 0 Å². The SMILES string of the molecule is CCCOCCOCCOCCOCCOCCOCCC(C)C. The minimum Gasteiger partial charge on any atom is -0.379 e. The van der Waals surface area contributed by atoms with Gasteiger partial charge in [0.1, 0.15) is 0 Å². The van der Waals surface area contributed by atoms with Crippen LogP contribution in [0.5, 0.6) is 0 Å². The van der Waals surface area contributed by atoms with Crippen LogP contribution in [0.25, 0.3) is 0 Å². The van der Waals surface area contributed by atoms with Crippen molar-refractivity contribution in [1.29, 1.82) is 0 Å². The largest absolute Gasteiger partial charge is 0.379 e. The maximum Gasteiger partial charge on any atom is 0.0701 e. The Kier molecular flexibility index (Phi) is 20.6. The van der Waals surface area contributed by atoms with Crippen LogP contribution in [0, 0.1) is 5.92 Å². The van der Waals surface area contributed by atoms with Crippen molar-refractivity contribution in [1.82, 2.24) is 0 Å². The van der Waals surface area contributed by atoms with Crippen molar-refractivity contribution in [3.05, 3.63) is 0 Å². The van der Waals surface area contributed by atoms with Crippen molar-refractivity contribution in [3.8, 4) is 0 Å². The van der Waals surface area contributed by atoms with E-state index in [-0.39, 0.29) is 0 Å². The molecule has 6 heteroatoms. The number of hydrogen-bond donors (Lipinski definition) is 0. The van der Waals surface area contributed by atoms with E-state index in [0.29, 0.717) is 72.0 Å². The number of ether oxygens (including phenoxy) is 6. The first-order chi connectivity index (χ1) is 11.8. The Morgan fingerprint density at radius 3 is 1.04 bits per heavy atom. The lowest BCUT2D eigenvalue weighted by Gasteiger charge is -2.08. The van der Waals surface area contributed by atoms with Gasteiger partial charge in [0.15, 0.2) is 0 Å². The van der Waals surface area contributed by atoms with Gasteiger partial charge in [0.25, 0.3) is 0 Å². The highest BCUT2D eigenvalue weighted by Gasteiger charge is 1.95. The van der Waals surface area contributed by atoms with Gasteiger partial charge in [0, 0.05) is 13.2 Å². The Balaban J connectivity index is 2.95. The van der Waals surface area contributed by atoms with Crippen molar-refractivity contribution >= 4 is 0 Å². The summed E-state index contributed by atoms with van der Waals surface area (Å²) in [5.74, 6) is 0.688. The minimum absolute atomic E-state index is 0.577. The van der Waals surface area contributed by atoms with E-state index in [4.69, 9.17) is 28.4 Å². The van der Waals surface area contributed by atoms with Gasteiger partial charge in [-0.2, -0.15) is 0 Å². The molecular formula is C18H38O6. The first-order valence-electron chi connectivity index (χ1n) is 9.23. The second-order valence-corrected chi connectivity index (χ2v) is 5.86. The fraction of sp³-hybridized carbons (Fsp3) is 1.00. The third-order valence-electron chi connectivity index (χ3n) is 3.05. The minimum atomic E-state index is 0.577. The fourth-order valence-corrected chi connectivity index (χ4v) is 1.67. The molecule has 0 aliphatic rings. The average molecular weight is 350 g/mol. The van der Waals surface area contributed by atoms with Crippen LogP contribution >= 0.6 is 0 Å². The smallest absolute Gasteiger partial charge is 0.0701 e. The highest BCUT2D eigenvalue weighted by molar-refractivity contribution is 4.42. The zero-order valence-electron chi connectivity index (χ0n) is 15.9. The van der Waals surface area contributed by atoms with E-state index in [1.165, 1.54) is 0 Å². The van der Waals surface area contributed by atoms with E-state index in [9.17, 15) is 0 Å². The monoisotopic (exact) mass is 350 g/mol. The molecule has 0 aliphatic heterocycles. The Morgan fingerprint density at radius 1 is 0.458 bits per heavy atom. The molecule has 0 unspecified atom stereocenters. The molecule has 24 heavy (non-hydrogen) atoms. The third kappa shape index (κ3) is 21.8. The van der Waals surface area contributed by atoms with Crippen molar-refractivity contribution in [2.24, 2.45) is 5.92 Å². The standard InChI is InChI=1S/C18H38O6/c1-4-6-19-8-10-21-12-14-23-16-17-24-15-13-22-11-9-20-7-5-18(2)3/h18H,4-17H2,1-3H3. The van der Waals surface area contributed by atoms with Crippen LogP contribution in [0.15, 0.2) is 0 Å². The molecule has 0 spiro atoms. The highest BCUT2D eigenvalue weighted by Crippen LogP contribution is 1.98. The lowest BCUT2D eigenvalue weighted by atomic mass is 10.1. The summed E-state index contributed by atoms with van der Waals surface area (Å²) < 4.78 is 32.4. The van der Waals surface area contributed by atoms with E-state index in [1.54, 1.807) is 0 Å². The summed E-state index contributed by atoms with van der Waals surface area (Å²) in [5.41, 5.74) is 0. The van der Waals surface area contributed by atoms with Crippen LogP contribution in [0.1, 0.15) is 33.6 Å². The molecule has 0 rings (SSSR count). The van der Waals surface area contributed by atoms with Crippen LogP contribution in [-0.4, -0.2) is 79.3 Å². The average Bonchev–Trinajstić information content (AvgIpc) is 2.56. The number of hydrogen-bond acceptors (Lipinski definition) is 6. The second-order valence-electron chi connectivity index (χ2n) is 5.86. The first-order valence-corrected chi connectivity index (χ1v) is 9.23.